The molecule has 6 nitrogen and oxygen atoms in total. The van der Waals surface area contributed by atoms with Crippen LogP contribution in [0.1, 0.15) is 21.7 Å². The van der Waals surface area contributed by atoms with Gasteiger partial charge in [-0.05, 0) is 35.0 Å². The predicted molar refractivity (Wildman–Crippen MR) is 106 cm³/mol. The molecule has 26 heavy (non-hydrogen) atoms. The van der Waals surface area contributed by atoms with E-state index in [0.29, 0.717) is 26.1 Å². The number of aryl methyl sites for hydroxylation is 1. The molecule has 1 amide bonds. The maximum absolute atomic E-state index is 12.5. The lowest BCUT2D eigenvalue weighted by molar-refractivity contribution is 0.102. The standard InChI is InChI=1S/C16H13BrCl3N5O/c1-8-13(17)14(22-24(8)2)16(26)21-15-12(20)7-25(23-15)6-9-10(18)4-3-5-11(9)19/h3-5,7H,6H2,1-2H3,(H,21,23,26). The number of halogens is 4. The Morgan fingerprint density at radius 1 is 1.19 bits per heavy atom. The summed E-state index contributed by atoms with van der Waals surface area (Å²) in [5.74, 6) is -0.182. The monoisotopic (exact) mass is 475 g/mol. The van der Waals surface area contributed by atoms with Crippen LogP contribution in [0.25, 0.3) is 0 Å². The average molecular weight is 478 g/mol. The Morgan fingerprint density at radius 2 is 1.85 bits per heavy atom. The van der Waals surface area contributed by atoms with Crippen molar-refractivity contribution in [3.8, 4) is 0 Å². The lowest BCUT2D eigenvalue weighted by Crippen LogP contribution is -2.14. The lowest BCUT2D eigenvalue weighted by Gasteiger charge is -2.06. The first-order valence-electron chi connectivity index (χ1n) is 7.44. The van der Waals surface area contributed by atoms with Crippen LogP contribution < -0.4 is 5.32 Å². The first-order chi connectivity index (χ1) is 12.3. The molecule has 0 bridgehead atoms. The normalized spacial score (nSPS) is 11.0. The van der Waals surface area contributed by atoms with Gasteiger partial charge in [-0.3, -0.25) is 14.2 Å². The van der Waals surface area contributed by atoms with Crippen LogP contribution in [-0.4, -0.2) is 25.5 Å². The Morgan fingerprint density at radius 3 is 2.42 bits per heavy atom. The molecule has 3 aromatic rings. The van der Waals surface area contributed by atoms with Crippen LogP contribution in [0.4, 0.5) is 5.82 Å². The second-order valence-electron chi connectivity index (χ2n) is 5.55. The third-order valence-electron chi connectivity index (χ3n) is 3.81. The summed E-state index contributed by atoms with van der Waals surface area (Å²) >= 11 is 21.9. The van der Waals surface area contributed by atoms with Crippen molar-refractivity contribution in [2.75, 3.05) is 5.32 Å². The van der Waals surface area contributed by atoms with Crippen LogP contribution in [0.2, 0.25) is 15.1 Å². The van der Waals surface area contributed by atoms with E-state index in [1.165, 1.54) is 0 Å². The Bertz CT molecular complexity index is 978. The van der Waals surface area contributed by atoms with Gasteiger partial charge < -0.3 is 5.32 Å². The summed E-state index contributed by atoms with van der Waals surface area (Å²) in [6.45, 7) is 2.17. The Labute approximate surface area is 173 Å². The number of carbonyl (C=O) groups is 1. The minimum Gasteiger partial charge on any atom is -0.302 e. The number of aromatic nitrogens is 4. The van der Waals surface area contributed by atoms with Crippen molar-refractivity contribution in [2.24, 2.45) is 7.05 Å². The Balaban J connectivity index is 1.82. The zero-order valence-electron chi connectivity index (χ0n) is 13.7. The number of hydrogen-bond acceptors (Lipinski definition) is 3. The van der Waals surface area contributed by atoms with E-state index in [2.05, 4.69) is 31.4 Å². The van der Waals surface area contributed by atoms with Gasteiger partial charge in [-0.25, -0.2) is 0 Å². The van der Waals surface area contributed by atoms with Crippen LogP contribution >= 0.6 is 50.7 Å². The molecule has 2 heterocycles. The van der Waals surface area contributed by atoms with Crippen LogP contribution in [-0.2, 0) is 13.6 Å². The van der Waals surface area contributed by atoms with Gasteiger partial charge in [-0.15, -0.1) is 0 Å². The fourth-order valence-corrected chi connectivity index (χ4v) is 3.53. The van der Waals surface area contributed by atoms with Crippen molar-refractivity contribution >= 4 is 62.5 Å². The zero-order chi connectivity index (χ0) is 19.0. The highest BCUT2D eigenvalue weighted by molar-refractivity contribution is 9.10. The molecule has 0 aliphatic rings. The van der Waals surface area contributed by atoms with Gasteiger partial charge in [0.2, 0.25) is 0 Å². The number of hydrogen-bond donors (Lipinski definition) is 1. The molecule has 0 aliphatic heterocycles. The largest absolute Gasteiger partial charge is 0.302 e. The van der Waals surface area contributed by atoms with Gasteiger partial charge in [-0.2, -0.15) is 10.2 Å². The molecule has 0 unspecified atom stereocenters. The topological polar surface area (TPSA) is 64.7 Å². The fraction of sp³-hybridized carbons (Fsp3) is 0.188. The van der Waals surface area contributed by atoms with Crippen LogP contribution in [0.3, 0.4) is 0 Å². The maximum atomic E-state index is 12.5. The van der Waals surface area contributed by atoms with E-state index in [1.807, 2.05) is 6.92 Å². The number of benzene rings is 1. The lowest BCUT2D eigenvalue weighted by atomic mass is 10.2. The number of rotatable bonds is 4. The van der Waals surface area contributed by atoms with Gasteiger partial charge in [0.1, 0.15) is 5.02 Å². The van der Waals surface area contributed by atoms with Gasteiger partial charge in [0.25, 0.3) is 5.91 Å². The summed E-state index contributed by atoms with van der Waals surface area (Å²) in [5, 5.41) is 12.5. The molecule has 1 aromatic carbocycles. The molecule has 0 atom stereocenters. The molecule has 0 aliphatic carbocycles. The van der Waals surface area contributed by atoms with E-state index < -0.39 is 5.91 Å². The van der Waals surface area contributed by atoms with E-state index >= 15 is 0 Å². The van der Waals surface area contributed by atoms with E-state index in [9.17, 15) is 4.79 Å². The quantitative estimate of drug-likeness (QED) is 0.578. The highest BCUT2D eigenvalue weighted by atomic mass is 79.9. The highest BCUT2D eigenvalue weighted by Gasteiger charge is 2.20. The molecule has 0 fully saturated rings. The van der Waals surface area contributed by atoms with Crippen molar-refractivity contribution < 1.29 is 4.79 Å². The SMILES string of the molecule is Cc1c(Br)c(C(=O)Nc2nn(Cc3c(Cl)cccc3Cl)cc2Cl)nn1C. The minimum absolute atomic E-state index is 0.232. The van der Waals surface area contributed by atoms with Gasteiger partial charge in [0.15, 0.2) is 11.5 Å². The Kier molecular flexibility index (Phi) is 5.62. The van der Waals surface area contributed by atoms with E-state index in [1.54, 1.807) is 40.8 Å². The summed E-state index contributed by atoms with van der Waals surface area (Å²) in [6, 6.07) is 5.26. The second kappa shape index (κ2) is 7.60. The van der Waals surface area contributed by atoms with Crippen LogP contribution in [0.15, 0.2) is 28.9 Å². The second-order valence-corrected chi connectivity index (χ2v) is 7.56. The van der Waals surface area contributed by atoms with E-state index in [4.69, 9.17) is 34.8 Å². The number of anilines is 1. The molecular formula is C16H13BrCl3N5O. The van der Waals surface area contributed by atoms with Crippen molar-refractivity contribution in [2.45, 2.75) is 13.5 Å². The molecule has 0 spiro atoms. The molecule has 2 aromatic heterocycles. The number of carbonyl (C=O) groups excluding carboxylic acids is 1. The van der Waals surface area contributed by atoms with Crippen LogP contribution in [0, 0.1) is 6.92 Å². The average Bonchev–Trinajstić information content (AvgIpc) is 3.05. The third-order valence-corrected chi connectivity index (χ3v) is 5.74. The summed E-state index contributed by atoms with van der Waals surface area (Å²) < 4.78 is 3.79. The number of nitrogens with zero attached hydrogens (tertiary/aromatic N) is 4. The summed E-state index contributed by atoms with van der Waals surface area (Å²) in [5.41, 5.74) is 1.81. The number of nitrogens with one attached hydrogen (secondary N) is 1. The third kappa shape index (κ3) is 3.76. The molecule has 0 saturated carbocycles. The summed E-state index contributed by atoms with van der Waals surface area (Å²) in [6.07, 6.45) is 1.59. The fourth-order valence-electron chi connectivity index (χ4n) is 2.30. The zero-order valence-corrected chi connectivity index (χ0v) is 17.6. The molecule has 3 rings (SSSR count). The van der Waals surface area contributed by atoms with Crippen molar-refractivity contribution in [3.05, 3.63) is 60.9 Å². The molecular weight excluding hydrogens is 464 g/mol. The van der Waals surface area contributed by atoms with Crippen molar-refractivity contribution in [3.63, 3.8) is 0 Å². The molecule has 136 valence electrons. The summed E-state index contributed by atoms with van der Waals surface area (Å²) in [4.78, 5) is 12.5. The highest BCUT2D eigenvalue weighted by Crippen LogP contribution is 2.27. The van der Waals surface area contributed by atoms with E-state index in [-0.39, 0.29) is 11.5 Å². The van der Waals surface area contributed by atoms with Gasteiger partial charge >= 0.3 is 0 Å². The smallest absolute Gasteiger partial charge is 0.278 e. The van der Waals surface area contributed by atoms with E-state index in [0.717, 1.165) is 11.3 Å². The predicted octanol–water partition coefficient (Wildman–Crippen LogP) is 4.95. The first kappa shape index (κ1) is 19.2. The minimum atomic E-state index is -0.413. The molecule has 0 saturated heterocycles. The Hall–Kier alpha value is -1.54. The van der Waals surface area contributed by atoms with Gasteiger partial charge in [0, 0.05) is 28.9 Å². The van der Waals surface area contributed by atoms with Crippen molar-refractivity contribution in [1.29, 1.82) is 0 Å². The first-order valence-corrected chi connectivity index (χ1v) is 9.37. The molecule has 1 N–H and O–H groups in total. The molecule has 10 heteroatoms. The molecule has 0 radical (unpaired) electrons. The number of amides is 1. The maximum Gasteiger partial charge on any atom is 0.278 e. The summed E-state index contributed by atoms with van der Waals surface area (Å²) in [7, 11) is 1.76. The van der Waals surface area contributed by atoms with Crippen LogP contribution in [0.5, 0.6) is 0 Å². The van der Waals surface area contributed by atoms with Crippen molar-refractivity contribution in [1.82, 2.24) is 19.6 Å². The van der Waals surface area contributed by atoms with Gasteiger partial charge in [0.05, 0.1) is 16.7 Å². The van der Waals surface area contributed by atoms with Gasteiger partial charge in [-0.1, -0.05) is 40.9 Å².